The Kier molecular flexibility index (Phi) is 4.88. The Labute approximate surface area is 174 Å². The highest BCUT2D eigenvalue weighted by atomic mass is 16.5. The third kappa shape index (κ3) is 3.63. The van der Waals surface area contributed by atoms with Gasteiger partial charge in [-0.05, 0) is 60.6 Å². The molecule has 2 aliphatic rings. The van der Waals surface area contributed by atoms with Gasteiger partial charge in [0.25, 0.3) is 0 Å². The lowest BCUT2D eigenvalue weighted by atomic mass is 9.66. The Morgan fingerprint density at radius 1 is 1.07 bits per heavy atom. The van der Waals surface area contributed by atoms with Crippen LogP contribution in [0, 0.1) is 0 Å². The second-order valence-corrected chi connectivity index (χ2v) is 9.58. The molecule has 1 unspecified atom stereocenters. The number of pyridine rings is 1. The third-order valence-corrected chi connectivity index (χ3v) is 6.59. The van der Waals surface area contributed by atoms with Gasteiger partial charge in [0.15, 0.2) is 0 Å². The van der Waals surface area contributed by atoms with Crippen molar-refractivity contribution in [3.63, 3.8) is 0 Å². The van der Waals surface area contributed by atoms with Gasteiger partial charge >= 0.3 is 5.97 Å². The van der Waals surface area contributed by atoms with Gasteiger partial charge in [0.1, 0.15) is 0 Å². The Balaban J connectivity index is 1.62. The minimum absolute atomic E-state index is 0.0619. The molecule has 3 nitrogen and oxygen atoms in total. The van der Waals surface area contributed by atoms with Crippen LogP contribution in [0.2, 0.25) is 0 Å². The molecule has 0 aliphatic heterocycles. The Morgan fingerprint density at radius 3 is 2.31 bits per heavy atom. The molecule has 1 aromatic heterocycles. The lowest BCUT2D eigenvalue weighted by Gasteiger charge is -2.38. The summed E-state index contributed by atoms with van der Waals surface area (Å²) in [6, 6.07) is 8.76. The van der Waals surface area contributed by atoms with Crippen molar-refractivity contribution in [3.05, 3.63) is 76.1 Å². The summed E-state index contributed by atoms with van der Waals surface area (Å²) in [5.41, 5.74) is 7.61. The third-order valence-electron chi connectivity index (χ3n) is 6.59. The van der Waals surface area contributed by atoms with Gasteiger partial charge < -0.3 is 4.74 Å². The minimum atomic E-state index is -0.301. The number of fused-ring (bicyclic) bond motifs is 2. The van der Waals surface area contributed by atoms with E-state index in [0.29, 0.717) is 18.1 Å². The summed E-state index contributed by atoms with van der Waals surface area (Å²) < 4.78 is 5.06. The second-order valence-electron chi connectivity index (χ2n) is 9.58. The predicted molar refractivity (Wildman–Crippen MR) is 117 cm³/mol. The van der Waals surface area contributed by atoms with E-state index in [0.717, 1.165) is 25.0 Å². The lowest BCUT2D eigenvalue weighted by Crippen LogP contribution is -2.30. The molecular formula is C26H31NO2. The van der Waals surface area contributed by atoms with E-state index in [2.05, 4.69) is 57.0 Å². The quantitative estimate of drug-likeness (QED) is 0.502. The predicted octanol–water partition coefficient (Wildman–Crippen LogP) is 5.66. The molecule has 0 spiro atoms. The van der Waals surface area contributed by atoms with Crippen LogP contribution in [-0.2, 0) is 28.4 Å². The maximum absolute atomic E-state index is 11.9. The Hall–Kier alpha value is -2.42. The topological polar surface area (TPSA) is 39.2 Å². The van der Waals surface area contributed by atoms with Gasteiger partial charge in [-0.25, -0.2) is 4.79 Å². The number of carbonyl (C=O) groups is 1. The van der Waals surface area contributed by atoms with Gasteiger partial charge in [-0.2, -0.15) is 0 Å². The first-order valence-electron chi connectivity index (χ1n) is 10.7. The van der Waals surface area contributed by atoms with Crippen LogP contribution in [0.4, 0.5) is 0 Å². The molecule has 0 fully saturated rings. The van der Waals surface area contributed by atoms with Crippen LogP contribution in [0.5, 0.6) is 0 Å². The number of benzene rings is 1. The van der Waals surface area contributed by atoms with Crippen molar-refractivity contribution in [1.82, 2.24) is 4.98 Å². The molecule has 152 valence electrons. The zero-order valence-electron chi connectivity index (χ0n) is 18.2. The van der Waals surface area contributed by atoms with E-state index in [1.807, 2.05) is 19.1 Å². The molecule has 0 bridgehead atoms. The molecule has 2 aliphatic carbocycles. The number of allylic oxidation sites excluding steroid dienone is 2. The molecule has 29 heavy (non-hydrogen) atoms. The van der Waals surface area contributed by atoms with E-state index in [1.165, 1.54) is 22.3 Å². The summed E-state index contributed by atoms with van der Waals surface area (Å²) in [4.78, 5) is 16.5. The molecule has 1 heterocycles. The second kappa shape index (κ2) is 7.12. The average molecular weight is 390 g/mol. The van der Waals surface area contributed by atoms with Crippen molar-refractivity contribution in [3.8, 4) is 0 Å². The fourth-order valence-electron chi connectivity index (χ4n) is 4.71. The summed E-state index contributed by atoms with van der Waals surface area (Å²) in [6.45, 7) is 11.4. The molecule has 0 amide bonds. The molecule has 0 saturated carbocycles. The Morgan fingerprint density at radius 2 is 1.72 bits per heavy atom. The number of esters is 1. The molecule has 1 aromatic carbocycles. The monoisotopic (exact) mass is 389 g/mol. The van der Waals surface area contributed by atoms with E-state index in [4.69, 9.17) is 4.74 Å². The summed E-state index contributed by atoms with van der Waals surface area (Å²) in [5.74, 6) is 0.0946. The van der Waals surface area contributed by atoms with Crippen molar-refractivity contribution in [1.29, 1.82) is 0 Å². The highest BCUT2D eigenvalue weighted by Crippen LogP contribution is 2.44. The van der Waals surface area contributed by atoms with Crippen molar-refractivity contribution in [2.45, 2.75) is 70.6 Å². The molecule has 0 N–H and O–H groups in total. The highest BCUT2D eigenvalue weighted by Gasteiger charge is 2.34. The zero-order valence-corrected chi connectivity index (χ0v) is 18.2. The maximum Gasteiger partial charge on any atom is 0.339 e. The normalized spacial score (nSPS) is 21.2. The van der Waals surface area contributed by atoms with Gasteiger partial charge in [0, 0.05) is 28.6 Å². The molecule has 0 radical (unpaired) electrons. The van der Waals surface area contributed by atoms with Crippen molar-refractivity contribution in [2.24, 2.45) is 0 Å². The van der Waals surface area contributed by atoms with Gasteiger partial charge in [-0.15, -0.1) is 0 Å². The summed E-state index contributed by atoms with van der Waals surface area (Å²) in [6.07, 6.45) is 9.56. The van der Waals surface area contributed by atoms with Crippen LogP contribution < -0.4 is 0 Å². The van der Waals surface area contributed by atoms with Gasteiger partial charge in [0.05, 0.1) is 12.2 Å². The highest BCUT2D eigenvalue weighted by molar-refractivity contribution is 5.88. The molecular weight excluding hydrogens is 358 g/mol. The van der Waals surface area contributed by atoms with Crippen LogP contribution in [-0.4, -0.2) is 17.6 Å². The molecule has 4 rings (SSSR count). The van der Waals surface area contributed by atoms with Crippen LogP contribution in [0.15, 0.2) is 42.6 Å². The number of nitrogens with zero attached hydrogens (tertiary/aromatic N) is 1. The number of hydrogen-bond acceptors (Lipinski definition) is 3. The average Bonchev–Trinajstić information content (AvgIpc) is 2.70. The fourth-order valence-corrected chi connectivity index (χ4v) is 4.71. The van der Waals surface area contributed by atoms with Crippen molar-refractivity contribution < 1.29 is 9.53 Å². The number of hydrogen-bond donors (Lipinski definition) is 0. The Bertz CT molecular complexity index is 967. The van der Waals surface area contributed by atoms with Crippen LogP contribution >= 0.6 is 0 Å². The first-order chi connectivity index (χ1) is 13.7. The summed E-state index contributed by atoms with van der Waals surface area (Å²) in [5, 5.41) is 0. The molecule has 0 saturated heterocycles. The van der Waals surface area contributed by atoms with Crippen LogP contribution in [0.3, 0.4) is 0 Å². The van der Waals surface area contributed by atoms with E-state index in [-0.39, 0.29) is 16.8 Å². The summed E-state index contributed by atoms with van der Waals surface area (Å²) in [7, 11) is 0. The maximum atomic E-state index is 11.9. The van der Waals surface area contributed by atoms with E-state index in [9.17, 15) is 4.79 Å². The van der Waals surface area contributed by atoms with Gasteiger partial charge in [-0.1, -0.05) is 52.0 Å². The van der Waals surface area contributed by atoms with Crippen molar-refractivity contribution >= 4 is 5.97 Å². The lowest BCUT2D eigenvalue weighted by molar-refractivity contribution is 0.0526. The first kappa shape index (κ1) is 19.9. The van der Waals surface area contributed by atoms with E-state index in [1.54, 1.807) is 6.20 Å². The molecule has 1 atom stereocenters. The standard InChI is InChI=1S/C26H31NO2/c1-6-29-24(28)19-9-10-23(27-16-19)18-8-7-17-14-21-22(15-20(17)13-18)26(4,5)12-11-25(21,2)3/h9-12,14-16,18H,6-8,13H2,1-5H3. The van der Waals surface area contributed by atoms with Crippen LogP contribution in [0.1, 0.15) is 85.3 Å². The fraction of sp³-hybridized carbons (Fsp3) is 0.462. The van der Waals surface area contributed by atoms with Crippen LogP contribution in [0.25, 0.3) is 0 Å². The number of ether oxygens (including phenoxy) is 1. The van der Waals surface area contributed by atoms with E-state index < -0.39 is 0 Å². The smallest absolute Gasteiger partial charge is 0.339 e. The van der Waals surface area contributed by atoms with E-state index >= 15 is 0 Å². The number of aromatic nitrogens is 1. The molecule has 3 heteroatoms. The van der Waals surface area contributed by atoms with Crippen molar-refractivity contribution in [2.75, 3.05) is 6.61 Å². The number of carbonyl (C=O) groups excluding carboxylic acids is 1. The minimum Gasteiger partial charge on any atom is -0.462 e. The largest absolute Gasteiger partial charge is 0.462 e. The molecule has 2 aromatic rings. The number of aryl methyl sites for hydroxylation is 1. The zero-order chi connectivity index (χ0) is 20.8. The SMILES string of the molecule is CCOC(=O)c1ccc(C2CCc3cc4c(cc3C2)C(C)(C)C=CC4(C)C)nc1. The summed E-state index contributed by atoms with van der Waals surface area (Å²) >= 11 is 0. The van der Waals surface area contributed by atoms with Gasteiger partial charge in [-0.3, -0.25) is 4.98 Å². The number of rotatable bonds is 3. The van der Waals surface area contributed by atoms with Gasteiger partial charge in [0.2, 0.25) is 0 Å². The first-order valence-corrected chi connectivity index (χ1v) is 10.7.